The molecular formula is C78H124N2O2Se4. The van der Waals surface area contributed by atoms with E-state index in [9.17, 15) is 0 Å². The van der Waals surface area contributed by atoms with Gasteiger partial charge < -0.3 is 0 Å². The molecule has 0 amide bonds. The van der Waals surface area contributed by atoms with Crippen molar-refractivity contribution in [3.63, 3.8) is 0 Å². The molecule has 0 radical (unpaired) electrons. The third-order valence-electron chi connectivity index (χ3n) is 19.2. The van der Waals surface area contributed by atoms with Crippen molar-refractivity contribution in [2.75, 3.05) is 0 Å². The minimum Gasteiger partial charge on any atom is -0.0654 e. The molecule has 0 N–H and O–H groups in total. The Labute approximate surface area is 551 Å². The average Bonchev–Trinajstić information content (AvgIpc) is 1.13. The van der Waals surface area contributed by atoms with Crippen LogP contribution in [0.2, 0.25) is 0 Å². The Balaban J connectivity index is 1.22. The molecule has 0 aliphatic carbocycles. The smallest absolute Gasteiger partial charge is 0.0654 e. The van der Waals surface area contributed by atoms with E-state index in [-0.39, 0.29) is 40.1 Å². The first-order valence-corrected chi connectivity index (χ1v) is 43.6. The van der Waals surface area contributed by atoms with Gasteiger partial charge in [-0.1, -0.05) is 207 Å². The van der Waals surface area contributed by atoms with Gasteiger partial charge in [0.25, 0.3) is 0 Å². The molecule has 2 atom stereocenters. The van der Waals surface area contributed by atoms with Gasteiger partial charge in [0.15, 0.2) is 0 Å². The third kappa shape index (κ3) is 26.9. The summed E-state index contributed by atoms with van der Waals surface area (Å²) < 4.78 is 15.7. The molecular weight excluding hydrogens is 1310 g/mol. The summed E-state index contributed by atoms with van der Waals surface area (Å²) in [5, 5.41) is 0. The van der Waals surface area contributed by atoms with Crippen LogP contribution in [0.5, 0.6) is 0 Å². The SMILES string of the molecule is CCCCCCCCCCCCC(CCCCCCCCCC)CCCCn1c(=O)c(-c2ccc(C)[se]2)cc2c1cc(-c1ccc(-c3cc4[se]c(C)cc4[se]3)[se]1)c(=O)n2CCCCC(CCCCCCCCCC)CCCCCCCCCCCC. The molecule has 6 aromatic rings. The quantitative estimate of drug-likeness (QED) is 0.0282. The van der Waals surface area contributed by atoms with Crippen LogP contribution in [-0.4, -0.2) is 67.1 Å². The fourth-order valence-corrected chi connectivity index (χ4v) is 24.0. The van der Waals surface area contributed by atoms with E-state index in [1.165, 1.54) is 292 Å². The average molecular weight is 1440 g/mol. The van der Waals surface area contributed by atoms with Crippen LogP contribution in [0.3, 0.4) is 0 Å². The molecule has 86 heavy (non-hydrogen) atoms. The zero-order valence-electron chi connectivity index (χ0n) is 56.1. The second-order valence-corrected chi connectivity index (χ2v) is 36.7. The molecule has 6 heterocycles. The van der Waals surface area contributed by atoms with E-state index < -0.39 is 0 Å². The van der Waals surface area contributed by atoms with Gasteiger partial charge in [0, 0.05) is 0 Å². The van der Waals surface area contributed by atoms with Crippen LogP contribution in [0.4, 0.5) is 0 Å². The topological polar surface area (TPSA) is 44.0 Å². The first-order valence-electron chi connectivity index (χ1n) is 36.7. The molecule has 0 saturated heterocycles. The van der Waals surface area contributed by atoms with E-state index in [0.29, 0.717) is 42.1 Å². The number of aryl methyl sites for hydroxylation is 4. The Bertz CT molecular complexity index is 2780. The predicted octanol–water partition coefficient (Wildman–Crippen LogP) is 23.4. The molecule has 4 nitrogen and oxygen atoms in total. The summed E-state index contributed by atoms with van der Waals surface area (Å²) in [7, 11) is 0. The first kappa shape index (κ1) is 73.5. The number of hydrogen-bond donors (Lipinski definition) is 0. The Kier molecular flexibility index (Phi) is 38.3. The third-order valence-corrected chi connectivity index (χ3v) is 29.5. The van der Waals surface area contributed by atoms with E-state index in [0.717, 1.165) is 59.7 Å². The second-order valence-electron chi connectivity index (χ2n) is 26.8. The molecule has 6 rings (SSSR count). The van der Waals surface area contributed by atoms with Crippen molar-refractivity contribution in [2.24, 2.45) is 11.8 Å². The predicted molar refractivity (Wildman–Crippen MR) is 386 cm³/mol. The van der Waals surface area contributed by atoms with Gasteiger partial charge in [-0.25, -0.2) is 0 Å². The summed E-state index contributed by atoms with van der Waals surface area (Å²) in [6, 6.07) is 18.4. The van der Waals surface area contributed by atoms with Crippen molar-refractivity contribution in [2.45, 2.75) is 350 Å². The number of fused-ring (bicyclic) bond motifs is 2. The van der Waals surface area contributed by atoms with Gasteiger partial charge in [-0.3, -0.25) is 0 Å². The number of rotatable bonds is 53. The Morgan fingerprint density at radius 3 is 0.965 bits per heavy atom. The van der Waals surface area contributed by atoms with E-state index >= 15 is 9.59 Å². The molecule has 0 aliphatic rings. The normalized spacial score (nSPS) is 12.7. The number of hydrogen-bond acceptors (Lipinski definition) is 2. The van der Waals surface area contributed by atoms with E-state index in [2.05, 4.69) is 99.2 Å². The van der Waals surface area contributed by atoms with Crippen molar-refractivity contribution in [3.05, 3.63) is 78.1 Å². The number of nitrogens with zero attached hydrogens (tertiary/aromatic N) is 2. The first-order chi connectivity index (χ1) is 42.2. The zero-order chi connectivity index (χ0) is 60.8. The Hall–Kier alpha value is -1.58. The molecule has 0 spiro atoms. The number of pyridine rings is 2. The number of unbranched alkanes of at least 4 members (excludes halogenated alkanes) is 34. The monoisotopic (exact) mass is 1440 g/mol. The molecule has 0 aliphatic heterocycles. The van der Waals surface area contributed by atoms with Gasteiger partial charge in [-0.2, -0.15) is 0 Å². The molecule has 0 aromatic carbocycles. The second kappa shape index (κ2) is 44.8. The van der Waals surface area contributed by atoms with Gasteiger partial charge in [0.1, 0.15) is 0 Å². The van der Waals surface area contributed by atoms with Crippen LogP contribution in [0.15, 0.2) is 58.1 Å². The maximum atomic E-state index is 15.5. The van der Waals surface area contributed by atoms with Crippen LogP contribution in [0.25, 0.3) is 48.4 Å². The summed E-state index contributed by atoms with van der Waals surface area (Å²) in [5.41, 5.74) is 3.94. The fourth-order valence-electron chi connectivity index (χ4n) is 13.8. The van der Waals surface area contributed by atoms with Gasteiger partial charge >= 0.3 is 348 Å². The van der Waals surface area contributed by atoms with E-state index in [1.54, 1.807) is 13.0 Å². The standard InChI is InChI=1S/C78H124N2O2Se4/c1-7-11-15-19-23-27-29-33-37-41-49-65(47-39-35-31-25-21-17-13-9-3)51-43-45-57-79-70-61-68(72-55-56-73(85-72)75-62-76-74(86-75)59-64(6)84-76)78(82)80(69(70)60-67(77(79)81)71-54-53-63(5)83-71)58-46-44-52-66(48-40-36-32-26-22-18-14-10-4)50-42-38-34-30-28-24-20-16-12-8-2/h53-56,59-62,65-66H,7-52,57-58H2,1-6H3. The van der Waals surface area contributed by atoms with E-state index in [4.69, 9.17) is 0 Å². The van der Waals surface area contributed by atoms with Crippen LogP contribution in [0.1, 0.15) is 332 Å². The molecule has 2 unspecified atom stereocenters. The van der Waals surface area contributed by atoms with Gasteiger partial charge in [-0.15, -0.1) is 0 Å². The summed E-state index contributed by atoms with van der Waals surface area (Å²) in [4.78, 5) is 30.8. The van der Waals surface area contributed by atoms with Crippen LogP contribution < -0.4 is 11.1 Å². The number of aromatic nitrogens is 2. The van der Waals surface area contributed by atoms with Crippen molar-refractivity contribution < 1.29 is 0 Å². The minimum atomic E-state index is 0.0465. The van der Waals surface area contributed by atoms with Crippen LogP contribution in [-0.2, 0) is 13.1 Å². The summed E-state index contributed by atoms with van der Waals surface area (Å²) in [6.07, 6.45) is 62.4. The van der Waals surface area contributed by atoms with Gasteiger partial charge in [0.2, 0.25) is 0 Å². The van der Waals surface area contributed by atoms with Crippen LogP contribution in [0, 0.1) is 25.7 Å². The zero-order valence-corrected chi connectivity index (χ0v) is 62.9. The van der Waals surface area contributed by atoms with Crippen molar-refractivity contribution in [1.82, 2.24) is 9.13 Å². The summed E-state index contributed by atoms with van der Waals surface area (Å²) in [6.45, 7) is 15.2. The maximum absolute atomic E-state index is 15.5. The molecule has 6 aromatic heterocycles. The minimum absolute atomic E-state index is 0.0465. The van der Waals surface area contributed by atoms with Gasteiger partial charge in [-0.05, 0) is 0 Å². The molecule has 0 saturated carbocycles. The molecule has 0 bridgehead atoms. The summed E-state index contributed by atoms with van der Waals surface area (Å²) >= 11 is 0.966. The van der Waals surface area contributed by atoms with Crippen LogP contribution >= 0.6 is 0 Å². The van der Waals surface area contributed by atoms with Crippen molar-refractivity contribution in [3.8, 4) is 28.9 Å². The van der Waals surface area contributed by atoms with Crippen molar-refractivity contribution >= 4 is 77.6 Å². The summed E-state index contributed by atoms with van der Waals surface area (Å²) in [5.74, 6) is 1.56. The van der Waals surface area contributed by atoms with Crippen molar-refractivity contribution in [1.29, 1.82) is 0 Å². The molecule has 0 fully saturated rings. The molecule has 482 valence electrons. The van der Waals surface area contributed by atoms with Gasteiger partial charge in [0.05, 0.1) is 0 Å². The molecule has 8 heteroatoms. The Morgan fingerprint density at radius 1 is 0.302 bits per heavy atom. The Morgan fingerprint density at radius 2 is 0.616 bits per heavy atom. The van der Waals surface area contributed by atoms with E-state index in [1.807, 2.05) is 0 Å². The fraction of sp³-hybridized carbons (Fsp3) is 0.718.